The van der Waals surface area contributed by atoms with Crippen molar-refractivity contribution in [3.63, 3.8) is 0 Å². The van der Waals surface area contributed by atoms with Crippen LogP contribution in [0.25, 0.3) is 0 Å². The monoisotopic (exact) mass is 327 g/mol. The molecule has 0 atom stereocenters. The maximum Gasteiger partial charge on any atom is 0.339 e. The van der Waals surface area contributed by atoms with Gasteiger partial charge in [-0.05, 0) is 42.7 Å². The summed E-state index contributed by atoms with van der Waals surface area (Å²) in [6.07, 6.45) is 0.929. The predicted octanol–water partition coefficient (Wildman–Crippen LogP) is 3.36. The number of para-hydroxylation sites is 1. The Morgan fingerprint density at radius 1 is 1.08 bits per heavy atom. The Morgan fingerprint density at radius 2 is 1.83 bits per heavy atom. The highest BCUT2D eigenvalue weighted by Gasteiger charge is 2.13. The van der Waals surface area contributed by atoms with Crippen LogP contribution in [0.3, 0.4) is 0 Å². The number of methoxy groups -OCH3 is 2. The molecule has 1 N–H and O–H groups in total. The number of anilines is 1. The van der Waals surface area contributed by atoms with Crippen LogP contribution < -0.4 is 10.1 Å². The summed E-state index contributed by atoms with van der Waals surface area (Å²) in [6, 6.07) is 12.6. The summed E-state index contributed by atoms with van der Waals surface area (Å²) in [6.45, 7) is 1.97. The first-order valence-corrected chi connectivity index (χ1v) is 7.66. The van der Waals surface area contributed by atoms with E-state index >= 15 is 0 Å². The summed E-state index contributed by atoms with van der Waals surface area (Å²) in [5, 5.41) is 2.77. The van der Waals surface area contributed by atoms with E-state index < -0.39 is 5.97 Å². The molecule has 0 bridgehead atoms. The number of carbonyl (C=O) groups is 2. The fraction of sp³-hybridized carbons (Fsp3) is 0.263. The smallest absolute Gasteiger partial charge is 0.339 e. The zero-order valence-electron chi connectivity index (χ0n) is 14.1. The van der Waals surface area contributed by atoms with Gasteiger partial charge in [-0.1, -0.05) is 24.3 Å². The average molecular weight is 327 g/mol. The molecule has 0 spiro atoms. The third kappa shape index (κ3) is 4.35. The van der Waals surface area contributed by atoms with Crippen molar-refractivity contribution < 1.29 is 19.1 Å². The lowest BCUT2D eigenvalue weighted by Crippen LogP contribution is -2.15. The number of hydrogen-bond donors (Lipinski definition) is 1. The number of rotatable bonds is 6. The third-order valence-corrected chi connectivity index (χ3v) is 3.71. The third-order valence-electron chi connectivity index (χ3n) is 3.71. The molecule has 0 saturated carbocycles. The summed E-state index contributed by atoms with van der Waals surface area (Å²) in [4.78, 5) is 23.9. The molecule has 126 valence electrons. The Morgan fingerprint density at radius 3 is 2.50 bits per heavy atom. The topological polar surface area (TPSA) is 64.6 Å². The molecule has 0 aromatic heterocycles. The van der Waals surface area contributed by atoms with Gasteiger partial charge in [0.05, 0.1) is 25.5 Å². The number of ether oxygens (including phenoxy) is 2. The van der Waals surface area contributed by atoms with Crippen molar-refractivity contribution in [2.24, 2.45) is 0 Å². The lowest BCUT2D eigenvalue weighted by Gasteiger charge is -2.10. The molecular formula is C19H21NO4. The van der Waals surface area contributed by atoms with Gasteiger partial charge in [0, 0.05) is 6.42 Å². The standard InChI is InChI=1S/C19H21NO4/c1-13-12-14(8-10-17(13)23-2)9-11-18(21)20-16-7-5-4-6-15(16)19(22)24-3/h4-8,10,12H,9,11H2,1-3H3,(H,20,21). The zero-order chi connectivity index (χ0) is 17.5. The molecule has 0 aliphatic carbocycles. The highest BCUT2D eigenvalue weighted by molar-refractivity contribution is 6.01. The summed E-state index contributed by atoms with van der Waals surface area (Å²) < 4.78 is 9.95. The number of carbonyl (C=O) groups excluding carboxylic acids is 2. The second kappa shape index (κ2) is 8.15. The van der Waals surface area contributed by atoms with Gasteiger partial charge in [-0.3, -0.25) is 4.79 Å². The maximum atomic E-state index is 12.2. The summed E-state index contributed by atoms with van der Waals surface area (Å²) >= 11 is 0. The quantitative estimate of drug-likeness (QED) is 0.826. The Bertz CT molecular complexity index is 740. The summed E-state index contributed by atoms with van der Waals surface area (Å²) in [7, 11) is 2.95. The van der Waals surface area contributed by atoms with Crippen LogP contribution in [-0.4, -0.2) is 26.1 Å². The van der Waals surface area contributed by atoms with E-state index in [1.807, 2.05) is 25.1 Å². The largest absolute Gasteiger partial charge is 0.496 e. The second-order valence-corrected chi connectivity index (χ2v) is 5.39. The molecule has 1 amide bonds. The lowest BCUT2D eigenvalue weighted by molar-refractivity contribution is -0.116. The highest BCUT2D eigenvalue weighted by atomic mass is 16.5. The average Bonchev–Trinajstić information content (AvgIpc) is 2.60. The molecular weight excluding hydrogens is 306 g/mol. The van der Waals surface area contributed by atoms with Gasteiger partial charge in [0.2, 0.25) is 5.91 Å². The van der Waals surface area contributed by atoms with Crippen LogP contribution in [0.4, 0.5) is 5.69 Å². The van der Waals surface area contributed by atoms with Gasteiger partial charge in [-0.25, -0.2) is 4.79 Å². The summed E-state index contributed by atoms with van der Waals surface area (Å²) in [5.41, 5.74) is 2.89. The van der Waals surface area contributed by atoms with Gasteiger partial charge in [0.1, 0.15) is 5.75 Å². The molecule has 2 rings (SSSR count). The van der Waals surface area contributed by atoms with E-state index in [1.165, 1.54) is 7.11 Å². The minimum Gasteiger partial charge on any atom is -0.496 e. The molecule has 0 unspecified atom stereocenters. The fourth-order valence-corrected chi connectivity index (χ4v) is 2.45. The van der Waals surface area contributed by atoms with Crippen LogP contribution in [-0.2, 0) is 16.0 Å². The SMILES string of the molecule is COC(=O)c1ccccc1NC(=O)CCc1ccc(OC)c(C)c1. The van der Waals surface area contributed by atoms with Crippen LogP contribution in [0.1, 0.15) is 27.9 Å². The number of hydrogen-bond acceptors (Lipinski definition) is 4. The van der Waals surface area contributed by atoms with Crippen LogP contribution in [0.15, 0.2) is 42.5 Å². The molecule has 0 saturated heterocycles. The van der Waals surface area contributed by atoms with E-state index in [4.69, 9.17) is 9.47 Å². The molecule has 0 heterocycles. The molecule has 2 aromatic carbocycles. The fourth-order valence-electron chi connectivity index (χ4n) is 2.45. The Balaban J connectivity index is 1.99. The van der Waals surface area contributed by atoms with Gasteiger partial charge < -0.3 is 14.8 Å². The first-order chi connectivity index (χ1) is 11.5. The van der Waals surface area contributed by atoms with E-state index in [-0.39, 0.29) is 5.91 Å². The van der Waals surface area contributed by atoms with Crippen LogP contribution in [0, 0.1) is 6.92 Å². The molecule has 5 heteroatoms. The normalized spacial score (nSPS) is 10.1. The molecule has 24 heavy (non-hydrogen) atoms. The number of nitrogens with one attached hydrogen (secondary N) is 1. The second-order valence-electron chi connectivity index (χ2n) is 5.39. The maximum absolute atomic E-state index is 12.2. The Labute approximate surface area is 141 Å². The number of esters is 1. The van der Waals surface area contributed by atoms with Crippen molar-refractivity contribution in [1.82, 2.24) is 0 Å². The van der Waals surface area contributed by atoms with Crippen LogP contribution >= 0.6 is 0 Å². The van der Waals surface area contributed by atoms with Gasteiger partial charge in [-0.15, -0.1) is 0 Å². The van der Waals surface area contributed by atoms with E-state index in [9.17, 15) is 9.59 Å². The number of amides is 1. The predicted molar refractivity (Wildman–Crippen MR) is 92.5 cm³/mol. The van der Waals surface area contributed by atoms with Crippen LogP contribution in [0.5, 0.6) is 5.75 Å². The van der Waals surface area contributed by atoms with Crippen molar-refractivity contribution >= 4 is 17.6 Å². The lowest BCUT2D eigenvalue weighted by atomic mass is 10.1. The Hall–Kier alpha value is -2.82. The Kier molecular flexibility index (Phi) is 5.95. The van der Waals surface area contributed by atoms with E-state index in [2.05, 4.69) is 5.32 Å². The summed E-state index contributed by atoms with van der Waals surface area (Å²) in [5.74, 6) is 0.201. The van der Waals surface area contributed by atoms with Crippen molar-refractivity contribution in [3.05, 3.63) is 59.2 Å². The van der Waals surface area contributed by atoms with Crippen molar-refractivity contribution in [2.45, 2.75) is 19.8 Å². The molecule has 0 aliphatic heterocycles. The van der Waals surface area contributed by atoms with Crippen molar-refractivity contribution in [2.75, 3.05) is 19.5 Å². The van der Waals surface area contributed by atoms with Crippen LogP contribution in [0.2, 0.25) is 0 Å². The zero-order valence-corrected chi connectivity index (χ0v) is 14.1. The molecule has 5 nitrogen and oxygen atoms in total. The molecule has 0 fully saturated rings. The van der Waals surface area contributed by atoms with Crippen molar-refractivity contribution in [1.29, 1.82) is 0 Å². The highest BCUT2D eigenvalue weighted by Crippen LogP contribution is 2.20. The van der Waals surface area contributed by atoms with Gasteiger partial charge in [-0.2, -0.15) is 0 Å². The van der Waals surface area contributed by atoms with Gasteiger partial charge in [0.15, 0.2) is 0 Å². The molecule has 0 aliphatic rings. The minimum atomic E-state index is -0.475. The van der Waals surface area contributed by atoms with Gasteiger partial charge in [0.25, 0.3) is 0 Å². The molecule has 0 radical (unpaired) electrons. The first-order valence-electron chi connectivity index (χ1n) is 7.66. The van der Waals surface area contributed by atoms with E-state index in [0.29, 0.717) is 24.1 Å². The van der Waals surface area contributed by atoms with Crippen molar-refractivity contribution in [3.8, 4) is 5.75 Å². The number of benzene rings is 2. The van der Waals surface area contributed by atoms with E-state index in [1.54, 1.807) is 31.4 Å². The van der Waals surface area contributed by atoms with Gasteiger partial charge >= 0.3 is 5.97 Å². The first kappa shape index (κ1) is 17.5. The minimum absolute atomic E-state index is 0.153. The van der Waals surface area contributed by atoms with E-state index in [0.717, 1.165) is 16.9 Å². The number of aryl methyl sites for hydroxylation is 2. The molecule has 2 aromatic rings.